The first-order chi connectivity index (χ1) is 8.24. The zero-order valence-corrected chi connectivity index (χ0v) is 9.46. The van der Waals surface area contributed by atoms with Crippen molar-refractivity contribution in [3.05, 3.63) is 48.2 Å². The minimum Gasteiger partial charge on any atom is -0.384 e. The van der Waals surface area contributed by atoms with Gasteiger partial charge in [-0.1, -0.05) is 30.3 Å². The second-order valence-corrected chi connectivity index (χ2v) is 3.99. The van der Waals surface area contributed by atoms with Crippen molar-refractivity contribution in [2.24, 2.45) is 0 Å². The van der Waals surface area contributed by atoms with E-state index in [4.69, 9.17) is 5.73 Å². The highest BCUT2D eigenvalue weighted by Gasteiger charge is 2.08. The molecule has 0 aliphatic heterocycles. The van der Waals surface area contributed by atoms with E-state index in [-0.39, 0.29) is 0 Å². The topological polar surface area (TPSA) is 56.2 Å². The Kier molecular flexibility index (Phi) is 2.08. The van der Waals surface area contributed by atoms with E-state index in [1.165, 1.54) is 0 Å². The Morgan fingerprint density at radius 1 is 1.12 bits per heavy atom. The molecular formula is C13H12N4. The summed E-state index contributed by atoms with van der Waals surface area (Å²) in [6, 6.07) is 13.7. The van der Waals surface area contributed by atoms with E-state index in [0.717, 1.165) is 22.6 Å². The van der Waals surface area contributed by atoms with Crippen molar-refractivity contribution in [1.29, 1.82) is 0 Å². The molecule has 2 heterocycles. The van der Waals surface area contributed by atoms with Gasteiger partial charge < -0.3 is 5.73 Å². The molecule has 0 saturated carbocycles. The van der Waals surface area contributed by atoms with E-state index in [0.29, 0.717) is 5.82 Å². The van der Waals surface area contributed by atoms with Crippen LogP contribution < -0.4 is 5.73 Å². The number of nitrogens with two attached hydrogens (primary N) is 1. The lowest BCUT2D eigenvalue weighted by atomic mass is 10.2. The van der Waals surface area contributed by atoms with E-state index in [9.17, 15) is 0 Å². The summed E-state index contributed by atoms with van der Waals surface area (Å²) < 4.78 is 1.82. The Bertz CT molecular complexity index is 670. The molecule has 0 aliphatic carbocycles. The predicted molar refractivity (Wildman–Crippen MR) is 67.6 cm³/mol. The summed E-state index contributed by atoms with van der Waals surface area (Å²) >= 11 is 0. The van der Waals surface area contributed by atoms with Crippen LogP contribution in [-0.2, 0) is 0 Å². The third-order valence-corrected chi connectivity index (χ3v) is 2.62. The second-order valence-electron chi connectivity index (χ2n) is 3.99. The van der Waals surface area contributed by atoms with Crippen LogP contribution >= 0.6 is 0 Å². The average molecular weight is 224 g/mol. The van der Waals surface area contributed by atoms with Gasteiger partial charge in [-0.05, 0) is 13.0 Å². The normalized spacial score (nSPS) is 10.9. The van der Waals surface area contributed by atoms with Crippen LogP contribution in [-0.4, -0.2) is 14.6 Å². The summed E-state index contributed by atoms with van der Waals surface area (Å²) in [5, 5.41) is 4.43. The lowest BCUT2D eigenvalue weighted by Crippen LogP contribution is -2.01. The summed E-state index contributed by atoms with van der Waals surface area (Å²) in [7, 11) is 0. The standard InChI is InChI=1S/C13H12N4/c1-9-7-11-8-12(14)15-13(17(11)16-9)10-5-3-2-4-6-10/h2-8H,14H2,1H3. The molecule has 4 nitrogen and oxygen atoms in total. The fourth-order valence-corrected chi connectivity index (χ4v) is 1.92. The molecule has 17 heavy (non-hydrogen) atoms. The van der Waals surface area contributed by atoms with Gasteiger partial charge in [-0.15, -0.1) is 0 Å². The molecule has 0 amide bonds. The van der Waals surface area contributed by atoms with Gasteiger partial charge in [0.25, 0.3) is 0 Å². The van der Waals surface area contributed by atoms with Crippen LogP contribution in [0.2, 0.25) is 0 Å². The van der Waals surface area contributed by atoms with Crippen LogP contribution in [0.15, 0.2) is 42.5 Å². The third-order valence-electron chi connectivity index (χ3n) is 2.62. The quantitative estimate of drug-likeness (QED) is 0.690. The molecule has 4 heteroatoms. The molecule has 1 aromatic carbocycles. The number of aryl methyl sites for hydroxylation is 1. The number of aromatic nitrogens is 3. The molecule has 0 radical (unpaired) electrons. The zero-order valence-electron chi connectivity index (χ0n) is 9.46. The van der Waals surface area contributed by atoms with Crippen molar-refractivity contribution in [3.8, 4) is 11.4 Å². The smallest absolute Gasteiger partial charge is 0.163 e. The number of anilines is 1. The molecule has 0 fully saturated rings. The largest absolute Gasteiger partial charge is 0.384 e. The number of rotatable bonds is 1. The van der Waals surface area contributed by atoms with Crippen molar-refractivity contribution in [1.82, 2.24) is 14.6 Å². The van der Waals surface area contributed by atoms with Crippen molar-refractivity contribution in [3.63, 3.8) is 0 Å². The van der Waals surface area contributed by atoms with Crippen LogP contribution in [0, 0.1) is 6.92 Å². The summed E-state index contributed by atoms with van der Waals surface area (Å²) in [6.07, 6.45) is 0. The Hall–Kier alpha value is -2.36. The van der Waals surface area contributed by atoms with Crippen molar-refractivity contribution >= 4 is 11.3 Å². The van der Waals surface area contributed by atoms with Gasteiger partial charge in [-0.3, -0.25) is 0 Å². The predicted octanol–water partition coefficient (Wildman–Crippen LogP) is 2.29. The third kappa shape index (κ3) is 1.63. The minimum absolute atomic E-state index is 0.510. The van der Waals surface area contributed by atoms with Crippen LogP contribution in [0.5, 0.6) is 0 Å². The molecule has 0 spiro atoms. The molecule has 0 aliphatic rings. The van der Waals surface area contributed by atoms with E-state index < -0.39 is 0 Å². The van der Waals surface area contributed by atoms with Crippen LogP contribution in [0.4, 0.5) is 5.82 Å². The summed E-state index contributed by atoms with van der Waals surface area (Å²) in [5.74, 6) is 1.28. The Morgan fingerprint density at radius 2 is 1.88 bits per heavy atom. The van der Waals surface area contributed by atoms with Gasteiger partial charge in [0.1, 0.15) is 5.82 Å². The molecule has 2 N–H and O–H groups in total. The highest BCUT2D eigenvalue weighted by Crippen LogP contribution is 2.20. The van der Waals surface area contributed by atoms with E-state index in [1.807, 2.05) is 53.9 Å². The second kappa shape index (κ2) is 3.59. The number of fused-ring (bicyclic) bond motifs is 1. The molecule has 0 unspecified atom stereocenters. The lowest BCUT2D eigenvalue weighted by Gasteiger charge is -2.05. The molecule has 84 valence electrons. The minimum atomic E-state index is 0.510. The van der Waals surface area contributed by atoms with Gasteiger partial charge in [-0.2, -0.15) is 5.10 Å². The maximum absolute atomic E-state index is 5.82. The first-order valence-electron chi connectivity index (χ1n) is 5.42. The monoisotopic (exact) mass is 224 g/mol. The SMILES string of the molecule is Cc1cc2cc(N)nc(-c3ccccc3)n2n1. The van der Waals surface area contributed by atoms with Crippen molar-refractivity contribution < 1.29 is 0 Å². The fraction of sp³-hybridized carbons (Fsp3) is 0.0769. The van der Waals surface area contributed by atoms with Crippen LogP contribution in [0.1, 0.15) is 5.69 Å². The Balaban J connectivity index is 2.35. The Labute approximate surface area is 98.7 Å². The average Bonchev–Trinajstić information content (AvgIpc) is 2.69. The molecule has 0 atom stereocenters. The summed E-state index contributed by atoms with van der Waals surface area (Å²) in [5.41, 5.74) is 8.75. The fourth-order valence-electron chi connectivity index (χ4n) is 1.92. The van der Waals surface area contributed by atoms with Gasteiger partial charge in [-0.25, -0.2) is 9.50 Å². The molecule has 3 rings (SSSR count). The lowest BCUT2D eigenvalue weighted by molar-refractivity contribution is 0.914. The number of hydrogen-bond acceptors (Lipinski definition) is 3. The van der Waals surface area contributed by atoms with E-state index in [2.05, 4.69) is 10.1 Å². The van der Waals surface area contributed by atoms with Crippen molar-refractivity contribution in [2.45, 2.75) is 6.92 Å². The van der Waals surface area contributed by atoms with Crippen molar-refractivity contribution in [2.75, 3.05) is 5.73 Å². The summed E-state index contributed by atoms with van der Waals surface area (Å²) in [6.45, 7) is 1.96. The number of nitrogens with zero attached hydrogens (tertiary/aromatic N) is 3. The maximum atomic E-state index is 5.82. The first kappa shape index (κ1) is 9.84. The first-order valence-corrected chi connectivity index (χ1v) is 5.42. The number of hydrogen-bond donors (Lipinski definition) is 1. The van der Waals surface area contributed by atoms with E-state index >= 15 is 0 Å². The molecule has 0 bridgehead atoms. The summed E-state index contributed by atoms with van der Waals surface area (Å²) in [4.78, 5) is 4.36. The zero-order chi connectivity index (χ0) is 11.8. The molecular weight excluding hydrogens is 212 g/mol. The molecule has 2 aromatic heterocycles. The molecule has 3 aromatic rings. The van der Waals surface area contributed by atoms with Gasteiger partial charge in [0.15, 0.2) is 5.82 Å². The Morgan fingerprint density at radius 3 is 2.65 bits per heavy atom. The maximum Gasteiger partial charge on any atom is 0.163 e. The van der Waals surface area contributed by atoms with Crippen LogP contribution in [0.25, 0.3) is 16.9 Å². The van der Waals surface area contributed by atoms with Gasteiger partial charge in [0, 0.05) is 11.6 Å². The highest BCUT2D eigenvalue weighted by atomic mass is 15.3. The van der Waals surface area contributed by atoms with Gasteiger partial charge in [0.2, 0.25) is 0 Å². The number of benzene rings is 1. The van der Waals surface area contributed by atoms with Gasteiger partial charge in [0.05, 0.1) is 11.2 Å². The van der Waals surface area contributed by atoms with Gasteiger partial charge >= 0.3 is 0 Å². The highest BCUT2D eigenvalue weighted by molar-refractivity contribution is 5.64. The number of nitrogen functional groups attached to an aromatic ring is 1. The van der Waals surface area contributed by atoms with E-state index in [1.54, 1.807) is 0 Å². The molecule has 0 saturated heterocycles. The van der Waals surface area contributed by atoms with Crippen LogP contribution in [0.3, 0.4) is 0 Å².